The molecular weight excluding hydrogens is 793 g/mol. The largest absolute Gasteiger partial charge is 0.457 e. The maximum Gasteiger partial charge on any atom is 0.143 e. The molecule has 6 aromatic carbocycles. The molecule has 1 unspecified atom stereocenters. The van der Waals surface area contributed by atoms with Crippen molar-refractivity contribution in [3.05, 3.63) is 270 Å². The summed E-state index contributed by atoms with van der Waals surface area (Å²) in [5.41, 5.74) is 22.8. The molecule has 0 amide bonds. The van der Waals surface area contributed by atoms with E-state index in [1.165, 1.54) is 23.7 Å². The van der Waals surface area contributed by atoms with E-state index in [4.69, 9.17) is 14.9 Å². The summed E-state index contributed by atoms with van der Waals surface area (Å²) in [4.78, 5) is 0. The van der Waals surface area contributed by atoms with Crippen LogP contribution in [0.15, 0.2) is 241 Å². The molecule has 0 bridgehead atoms. The Morgan fingerprint density at radius 2 is 1.38 bits per heavy atom. The van der Waals surface area contributed by atoms with Gasteiger partial charge in [0.25, 0.3) is 0 Å². The summed E-state index contributed by atoms with van der Waals surface area (Å²) < 4.78 is 13.0. The van der Waals surface area contributed by atoms with E-state index in [1.807, 2.05) is 78.9 Å². The quantitative estimate of drug-likeness (QED) is 0.169. The van der Waals surface area contributed by atoms with Crippen LogP contribution in [0.1, 0.15) is 39.8 Å². The van der Waals surface area contributed by atoms with Gasteiger partial charge in [0.1, 0.15) is 22.9 Å². The summed E-state index contributed by atoms with van der Waals surface area (Å²) in [7, 11) is 1.50. The molecule has 0 fully saturated rings. The molecule has 2 aliphatic carbocycles. The van der Waals surface area contributed by atoms with Crippen molar-refractivity contribution in [1.82, 2.24) is 0 Å². The lowest BCUT2D eigenvalue weighted by molar-refractivity contribution is 0.448. The van der Waals surface area contributed by atoms with Gasteiger partial charge in [-0.3, -0.25) is 0 Å². The van der Waals surface area contributed by atoms with E-state index in [9.17, 15) is 0 Å². The summed E-state index contributed by atoms with van der Waals surface area (Å²) in [5.74, 6) is 2.74. The zero-order valence-electron chi connectivity index (χ0n) is 36.8. The van der Waals surface area contributed by atoms with Crippen molar-refractivity contribution < 1.29 is 9.15 Å². The van der Waals surface area contributed by atoms with Crippen molar-refractivity contribution in [2.45, 2.75) is 19.3 Å². The van der Waals surface area contributed by atoms with Gasteiger partial charge < -0.3 is 20.6 Å². The fourth-order valence-corrected chi connectivity index (χ4v) is 8.31. The first-order valence-electron chi connectivity index (χ1n) is 22.2. The number of nitrogens with two attached hydrogens (primary N) is 2. The highest BCUT2D eigenvalue weighted by atomic mass is 16.5. The maximum absolute atomic E-state index is 6.64. The number of ether oxygens (including phenoxy) is 1. The van der Waals surface area contributed by atoms with Gasteiger partial charge in [0.15, 0.2) is 0 Å². The Hall–Kier alpha value is -7.92. The molecule has 0 saturated carbocycles. The van der Waals surface area contributed by atoms with E-state index in [0.29, 0.717) is 23.8 Å². The Morgan fingerprint density at radius 1 is 0.677 bits per heavy atom. The van der Waals surface area contributed by atoms with Crippen LogP contribution in [-0.4, -0.2) is 7.05 Å². The van der Waals surface area contributed by atoms with Crippen LogP contribution in [0.3, 0.4) is 0 Å². The molecule has 1 aliphatic heterocycles. The Balaban J connectivity index is 0.000000210. The third-order valence-corrected chi connectivity index (χ3v) is 11.5. The second-order valence-electron chi connectivity index (χ2n) is 15.8. The number of furan rings is 1. The van der Waals surface area contributed by atoms with E-state index in [2.05, 4.69) is 164 Å². The van der Waals surface area contributed by atoms with Gasteiger partial charge in [0, 0.05) is 33.2 Å². The number of rotatable bonds is 5. The highest BCUT2D eigenvalue weighted by Crippen LogP contribution is 2.42. The van der Waals surface area contributed by atoms with Crippen molar-refractivity contribution in [2.24, 2.45) is 17.4 Å². The number of para-hydroxylation sites is 1. The molecule has 1 aromatic heterocycles. The Kier molecular flexibility index (Phi) is 14.4. The van der Waals surface area contributed by atoms with E-state index in [1.54, 1.807) is 0 Å². The number of allylic oxidation sites excluding steroid dienone is 15. The maximum atomic E-state index is 6.64. The van der Waals surface area contributed by atoms with Crippen LogP contribution < -0.4 is 16.2 Å². The van der Waals surface area contributed by atoms with E-state index in [-0.39, 0.29) is 0 Å². The van der Waals surface area contributed by atoms with Gasteiger partial charge in [-0.05, 0) is 107 Å². The second kappa shape index (κ2) is 21.4. The summed E-state index contributed by atoms with van der Waals surface area (Å²) >= 11 is 0. The van der Waals surface area contributed by atoms with Crippen LogP contribution in [0.4, 0.5) is 0 Å². The molecule has 320 valence electrons. The average molecular weight is 847 g/mol. The average Bonchev–Trinajstić information content (AvgIpc) is 3.75. The van der Waals surface area contributed by atoms with Gasteiger partial charge in [-0.15, -0.1) is 0 Å². The van der Waals surface area contributed by atoms with E-state index < -0.39 is 0 Å². The lowest BCUT2D eigenvalue weighted by Gasteiger charge is -2.19. The third-order valence-electron chi connectivity index (χ3n) is 11.5. The first-order valence-corrected chi connectivity index (χ1v) is 22.2. The van der Waals surface area contributed by atoms with Gasteiger partial charge in [-0.25, -0.2) is 0 Å². The summed E-state index contributed by atoms with van der Waals surface area (Å²) in [6.07, 6.45) is 34.6. The van der Waals surface area contributed by atoms with Crippen LogP contribution in [0.25, 0.3) is 56.4 Å². The fraction of sp³-hybridized carbons (Fsp3) is 0.0820. The predicted molar refractivity (Wildman–Crippen MR) is 277 cm³/mol. The Labute approximate surface area is 383 Å². The van der Waals surface area contributed by atoms with Crippen LogP contribution in [0, 0.1) is 5.92 Å². The molecule has 0 saturated heterocycles. The second-order valence-corrected chi connectivity index (χ2v) is 15.8. The molecule has 2 heterocycles. The first-order chi connectivity index (χ1) is 32.1. The van der Waals surface area contributed by atoms with Gasteiger partial charge in [-0.2, -0.15) is 0 Å². The van der Waals surface area contributed by atoms with Gasteiger partial charge in [-0.1, -0.05) is 201 Å². The minimum atomic E-state index is 0.529. The molecule has 10 rings (SSSR count). The van der Waals surface area contributed by atoms with Crippen LogP contribution in [0.5, 0.6) is 5.75 Å². The highest BCUT2D eigenvalue weighted by molar-refractivity contribution is 6.04. The normalized spacial score (nSPS) is 19.0. The van der Waals surface area contributed by atoms with Gasteiger partial charge in [0.2, 0.25) is 0 Å². The minimum Gasteiger partial charge on any atom is -0.457 e. The van der Waals surface area contributed by atoms with Crippen molar-refractivity contribution in [1.29, 1.82) is 0 Å². The number of hydrogen-bond acceptors (Lipinski definition) is 4. The van der Waals surface area contributed by atoms with Crippen molar-refractivity contribution in [3.63, 3.8) is 0 Å². The smallest absolute Gasteiger partial charge is 0.143 e. The molecule has 0 radical (unpaired) electrons. The molecular formula is C61H54N2O2. The number of fused-ring (bicyclic) bond motifs is 8. The standard InChI is InChI=1S/C39H29NO2.C21H20.CH5N/c1-26-13-3-2-4-21-34-35(24-28-16-7-10-19-32(28)38(34)41-26)29-23-30(40)17-8-5-14-27-15-6-9-18-31(27)39-36(25-29)33-20-11-12-22-37(33)42-39;1-3-8-18(9-4-1)10-7-11-19-14-16-21(17-15-19)20-12-5-2-6-13-20;1-2/h2-20,22-25H,1,21,40H2;1-9,11-14,16-17,19H,10,15H2;2H2,1H3/b4-2-,8-5?,13-3-,14-5+,17-8+,27-14?,29-23?,29-25+,30-17?,30-23+,36-25?,39-31?;11-7+;. The molecule has 3 aliphatic rings. The molecule has 0 spiro atoms. The highest BCUT2D eigenvalue weighted by Gasteiger charge is 2.21. The summed E-state index contributed by atoms with van der Waals surface area (Å²) in [6, 6.07) is 48.2. The summed E-state index contributed by atoms with van der Waals surface area (Å²) in [6.45, 7) is 4.15. The lowest BCUT2D eigenvalue weighted by atomic mass is 9.89. The SMILES string of the molecule is C1=CC(/C=C/Cc2ccccc2)CC=C1c1ccccc1.C=C1/C=C\C=C/Cc2c(C3=C/c4c(oc5ccccc45)-c4ccccc4/C=C/C=C/C(N)=C\3)cc3ccccc3c2O1.CN. The Morgan fingerprint density at radius 3 is 2.20 bits per heavy atom. The Bertz CT molecular complexity index is 3080. The van der Waals surface area contributed by atoms with Crippen molar-refractivity contribution in [3.8, 4) is 17.1 Å². The summed E-state index contributed by atoms with van der Waals surface area (Å²) in [5, 5.41) is 3.16. The molecule has 7 aromatic rings. The van der Waals surface area contributed by atoms with E-state index in [0.717, 1.165) is 79.5 Å². The number of hydrogen-bond donors (Lipinski definition) is 2. The number of benzene rings is 6. The monoisotopic (exact) mass is 846 g/mol. The van der Waals surface area contributed by atoms with Crippen molar-refractivity contribution >= 4 is 45.0 Å². The zero-order valence-corrected chi connectivity index (χ0v) is 36.8. The third kappa shape index (κ3) is 10.7. The van der Waals surface area contributed by atoms with Crippen LogP contribution in [0.2, 0.25) is 0 Å². The zero-order chi connectivity index (χ0) is 44.8. The molecule has 4 nitrogen and oxygen atoms in total. The molecule has 4 N–H and O–H groups in total. The molecule has 1 atom stereocenters. The topological polar surface area (TPSA) is 74.4 Å². The molecule has 65 heavy (non-hydrogen) atoms. The van der Waals surface area contributed by atoms with Crippen LogP contribution >= 0.6 is 0 Å². The minimum absolute atomic E-state index is 0.529. The van der Waals surface area contributed by atoms with Crippen molar-refractivity contribution in [2.75, 3.05) is 7.05 Å². The van der Waals surface area contributed by atoms with Crippen LogP contribution in [-0.2, 0) is 12.8 Å². The predicted octanol–water partition coefficient (Wildman–Crippen LogP) is 14.8. The van der Waals surface area contributed by atoms with E-state index >= 15 is 0 Å². The fourth-order valence-electron chi connectivity index (χ4n) is 8.31. The lowest BCUT2D eigenvalue weighted by Crippen LogP contribution is -2.02. The molecule has 4 heteroatoms. The first kappa shape index (κ1) is 43.7. The van der Waals surface area contributed by atoms with Gasteiger partial charge >= 0.3 is 0 Å². The van der Waals surface area contributed by atoms with Gasteiger partial charge in [0.05, 0.1) is 0 Å².